The molecule has 1 aliphatic carbocycles. The first-order valence-corrected chi connectivity index (χ1v) is 10.0. The van der Waals surface area contributed by atoms with Crippen LogP contribution in [-0.4, -0.2) is 19.2 Å². The third-order valence-corrected chi connectivity index (χ3v) is 5.22. The summed E-state index contributed by atoms with van der Waals surface area (Å²) in [5.41, 5.74) is 7.74. The summed E-state index contributed by atoms with van der Waals surface area (Å²) in [6.07, 6.45) is -0.0593. The number of nitrogens with one attached hydrogen (secondary N) is 2. The smallest absolute Gasteiger partial charge is 0.407 e. The van der Waals surface area contributed by atoms with E-state index in [1.807, 2.05) is 24.3 Å². The molecule has 156 valence electrons. The average Bonchev–Trinajstić information content (AvgIpc) is 3.11. The number of amides is 1. The Balaban J connectivity index is 1.28. The summed E-state index contributed by atoms with van der Waals surface area (Å²) >= 11 is 0. The van der Waals surface area contributed by atoms with Crippen LogP contribution in [0.4, 0.5) is 14.9 Å². The average molecular weight is 415 g/mol. The van der Waals surface area contributed by atoms with E-state index in [2.05, 4.69) is 46.8 Å². The SMILES string of the molecule is NNc1ccc(C#CCCNC(=O)OCC2c3ccccc3-c3ccccc32)cc1F. The summed E-state index contributed by atoms with van der Waals surface area (Å²) in [7, 11) is 0. The number of benzene rings is 3. The van der Waals surface area contributed by atoms with Crippen molar-refractivity contribution < 1.29 is 13.9 Å². The monoisotopic (exact) mass is 415 g/mol. The van der Waals surface area contributed by atoms with Crippen molar-refractivity contribution in [2.45, 2.75) is 12.3 Å². The molecule has 31 heavy (non-hydrogen) atoms. The highest BCUT2D eigenvalue weighted by molar-refractivity contribution is 5.79. The molecule has 0 saturated heterocycles. The van der Waals surface area contributed by atoms with E-state index in [1.54, 1.807) is 6.07 Å². The molecule has 4 rings (SSSR count). The topological polar surface area (TPSA) is 76.4 Å². The fourth-order valence-corrected chi connectivity index (χ4v) is 3.75. The number of fused-ring (bicyclic) bond motifs is 3. The van der Waals surface area contributed by atoms with Crippen molar-refractivity contribution >= 4 is 11.8 Å². The molecule has 0 unspecified atom stereocenters. The summed E-state index contributed by atoms with van der Waals surface area (Å²) in [5, 5.41) is 2.71. The molecular formula is C25H22FN3O2. The number of hydrogen-bond donors (Lipinski definition) is 3. The summed E-state index contributed by atoms with van der Waals surface area (Å²) < 4.78 is 19.1. The number of rotatable bonds is 5. The Morgan fingerprint density at radius 3 is 2.35 bits per heavy atom. The molecule has 0 bridgehead atoms. The lowest BCUT2D eigenvalue weighted by Crippen LogP contribution is -2.26. The third kappa shape index (κ3) is 4.52. The van der Waals surface area contributed by atoms with E-state index in [9.17, 15) is 9.18 Å². The summed E-state index contributed by atoms with van der Waals surface area (Å²) in [5.74, 6) is 10.5. The molecule has 0 fully saturated rings. The number of nitrogens with two attached hydrogens (primary N) is 1. The molecule has 1 amide bonds. The van der Waals surface area contributed by atoms with Gasteiger partial charge in [0.05, 0.1) is 5.69 Å². The van der Waals surface area contributed by atoms with Gasteiger partial charge < -0.3 is 15.5 Å². The van der Waals surface area contributed by atoms with E-state index in [4.69, 9.17) is 10.6 Å². The first kappa shape index (κ1) is 20.5. The van der Waals surface area contributed by atoms with Crippen LogP contribution in [0.2, 0.25) is 0 Å². The number of hydrazine groups is 1. The van der Waals surface area contributed by atoms with Gasteiger partial charge in [-0.2, -0.15) is 0 Å². The van der Waals surface area contributed by atoms with Gasteiger partial charge in [0.1, 0.15) is 12.4 Å². The van der Waals surface area contributed by atoms with Crippen LogP contribution in [0.3, 0.4) is 0 Å². The Bertz CT molecular complexity index is 1120. The third-order valence-electron chi connectivity index (χ3n) is 5.22. The molecule has 5 nitrogen and oxygen atoms in total. The summed E-state index contributed by atoms with van der Waals surface area (Å²) in [6.45, 7) is 0.612. The van der Waals surface area contributed by atoms with E-state index in [-0.39, 0.29) is 18.2 Å². The number of hydrogen-bond acceptors (Lipinski definition) is 4. The van der Waals surface area contributed by atoms with Crippen molar-refractivity contribution in [3.63, 3.8) is 0 Å². The van der Waals surface area contributed by atoms with Crippen molar-refractivity contribution in [2.75, 3.05) is 18.6 Å². The molecule has 0 aromatic heterocycles. The van der Waals surface area contributed by atoms with Gasteiger partial charge in [0.2, 0.25) is 0 Å². The number of ether oxygens (including phenoxy) is 1. The Morgan fingerprint density at radius 2 is 1.71 bits per heavy atom. The highest BCUT2D eigenvalue weighted by atomic mass is 19.1. The normalized spacial score (nSPS) is 11.7. The Hall–Kier alpha value is -3.82. The minimum Gasteiger partial charge on any atom is -0.449 e. The molecule has 0 saturated carbocycles. The fraction of sp³-hybridized carbons (Fsp3) is 0.160. The standard InChI is InChI=1S/C25H22FN3O2/c26-23-15-17(12-13-24(23)29-27)7-5-6-14-28-25(30)31-16-22-20-10-3-1-8-18(20)19-9-2-4-11-21(19)22/h1-4,8-13,15,22,29H,6,14,16,27H2,(H,28,30). The Labute approximate surface area is 180 Å². The zero-order valence-electron chi connectivity index (χ0n) is 16.8. The number of alkyl carbamates (subject to hydrolysis) is 1. The first-order chi connectivity index (χ1) is 15.2. The number of anilines is 1. The molecule has 4 N–H and O–H groups in total. The van der Waals surface area contributed by atoms with Crippen LogP contribution < -0.4 is 16.6 Å². The predicted octanol–water partition coefficient (Wildman–Crippen LogP) is 4.39. The zero-order chi connectivity index (χ0) is 21.6. The molecule has 0 heterocycles. The maximum atomic E-state index is 13.6. The maximum Gasteiger partial charge on any atom is 0.407 e. The van der Waals surface area contributed by atoms with Gasteiger partial charge in [0, 0.05) is 24.4 Å². The largest absolute Gasteiger partial charge is 0.449 e. The second kappa shape index (κ2) is 9.33. The molecule has 3 aromatic carbocycles. The minimum atomic E-state index is -0.479. The van der Waals surface area contributed by atoms with E-state index in [0.717, 1.165) is 0 Å². The van der Waals surface area contributed by atoms with E-state index in [0.29, 0.717) is 18.5 Å². The molecule has 1 aliphatic rings. The van der Waals surface area contributed by atoms with Crippen LogP contribution >= 0.6 is 0 Å². The van der Waals surface area contributed by atoms with Crippen molar-refractivity contribution in [3.8, 4) is 23.0 Å². The van der Waals surface area contributed by atoms with E-state index in [1.165, 1.54) is 34.4 Å². The van der Waals surface area contributed by atoms with Crippen molar-refractivity contribution in [1.29, 1.82) is 0 Å². The number of carbonyl (C=O) groups is 1. The number of halogens is 1. The number of nitrogen functional groups attached to an aromatic ring is 1. The molecule has 0 radical (unpaired) electrons. The predicted molar refractivity (Wildman–Crippen MR) is 119 cm³/mol. The van der Waals surface area contributed by atoms with E-state index >= 15 is 0 Å². The fourth-order valence-electron chi connectivity index (χ4n) is 3.75. The lowest BCUT2D eigenvalue weighted by atomic mass is 9.98. The lowest BCUT2D eigenvalue weighted by Gasteiger charge is -2.14. The maximum absolute atomic E-state index is 13.6. The zero-order valence-corrected chi connectivity index (χ0v) is 16.8. The van der Waals surface area contributed by atoms with Crippen LogP contribution in [-0.2, 0) is 4.74 Å². The van der Waals surface area contributed by atoms with Gasteiger partial charge in [-0.25, -0.2) is 9.18 Å². The second-order valence-electron chi connectivity index (χ2n) is 7.14. The van der Waals surface area contributed by atoms with Crippen LogP contribution in [0.5, 0.6) is 0 Å². The highest BCUT2D eigenvalue weighted by Crippen LogP contribution is 2.44. The molecule has 3 aromatic rings. The summed E-state index contributed by atoms with van der Waals surface area (Å²) in [6, 6.07) is 20.9. The number of carbonyl (C=O) groups excluding carboxylic acids is 1. The first-order valence-electron chi connectivity index (χ1n) is 10.0. The van der Waals surface area contributed by atoms with Crippen molar-refractivity contribution in [2.24, 2.45) is 5.84 Å². The molecule has 0 aliphatic heterocycles. The van der Waals surface area contributed by atoms with E-state index < -0.39 is 11.9 Å². The Kier molecular flexibility index (Phi) is 6.16. The van der Waals surface area contributed by atoms with Crippen LogP contribution in [0.1, 0.15) is 29.0 Å². The van der Waals surface area contributed by atoms with Crippen molar-refractivity contribution in [3.05, 3.63) is 89.2 Å². The molecule has 0 atom stereocenters. The van der Waals surface area contributed by atoms with Gasteiger partial charge in [-0.3, -0.25) is 5.84 Å². The quantitative estimate of drug-likeness (QED) is 0.250. The Morgan fingerprint density at radius 1 is 1.03 bits per heavy atom. The highest BCUT2D eigenvalue weighted by Gasteiger charge is 2.28. The minimum absolute atomic E-state index is 0.0267. The van der Waals surface area contributed by atoms with Gasteiger partial charge in [-0.1, -0.05) is 60.4 Å². The van der Waals surface area contributed by atoms with Crippen LogP contribution in [0.25, 0.3) is 11.1 Å². The molecule has 6 heteroatoms. The molecule has 0 spiro atoms. The van der Waals surface area contributed by atoms with Crippen LogP contribution in [0, 0.1) is 17.7 Å². The van der Waals surface area contributed by atoms with Gasteiger partial charge >= 0.3 is 6.09 Å². The van der Waals surface area contributed by atoms with Gasteiger partial charge in [0.15, 0.2) is 0 Å². The van der Waals surface area contributed by atoms with Crippen molar-refractivity contribution in [1.82, 2.24) is 5.32 Å². The molecular weight excluding hydrogens is 393 g/mol. The van der Waals surface area contributed by atoms with Gasteiger partial charge in [0.25, 0.3) is 0 Å². The van der Waals surface area contributed by atoms with Gasteiger partial charge in [-0.05, 0) is 40.5 Å². The van der Waals surface area contributed by atoms with Crippen LogP contribution in [0.15, 0.2) is 66.7 Å². The summed E-state index contributed by atoms with van der Waals surface area (Å²) in [4.78, 5) is 12.1. The lowest BCUT2D eigenvalue weighted by molar-refractivity contribution is 0.143. The van der Waals surface area contributed by atoms with Gasteiger partial charge in [-0.15, -0.1) is 0 Å². The second-order valence-corrected chi connectivity index (χ2v) is 7.14.